The number of ether oxygens (including phenoxy) is 1. The summed E-state index contributed by atoms with van der Waals surface area (Å²) < 4.78 is 29.1. The molecule has 0 bridgehead atoms. The number of primary amides is 1. The van der Waals surface area contributed by atoms with Crippen molar-refractivity contribution in [2.24, 2.45) is 5.73 Å². The number of carbonyl (C=O) groups is 3. The third kappa shape index (κ3) is 5.66. The lowest BCUT2D eigenvalue weighted by Gasteiger charge is -2.35. The van der Waals surface area contributed by atoms with Crippen LogP contribution in [-0.2, 0) is 24.2 Å². The molecule has 3 amide bonds. The molecule has 1 unspecified atom stereocenters. The Bertz CT molecular complexity index is 602. The highest BCUT2D eigenvalue weighted by Gasteiger charge is 2.33. The van der Waals surface area contributed by atoms with E-state index in [9.17, 15) is 22.8 Å². The van der Waals surface area contributed by atoms with Gasteiger partial charge in [0.05, 0.1) is 0 Å². The first-order chi connectivity index (χ1) is 10.8. The summed E-state index contributed by atoms with van der Waals surface area (Å²) in [4.78, 5) is 37.9. The van der Waals surface area contributed by atoms with E-state index in [4.69, 9.17) is 10.5 Å². The van der Waals surface area contributed by atoms with E-state index in [1.807, 2.05) is 0 Å². The van der Waals surface area contributed by atoms with Gasteiger partial charge in [-0.1, -0.05) is 0 Å². The second-order valence-electron chi connectivity index (χ2n) is 6.70. The van der Waals surface area contributed by atoms with Gasteiger partial charge in [-0.3, -0.25) is 9.59 Å². The van der Waals surface area contributed by atoms with Crippen LogP contribution in [-0.4, -0.2) is 78.9 Å². The van der Waals surface area contributed by atoms with Crippen LogP contribution >= 0.6 is 0 Å². The Morgan fingerprint density at radius 3 is 1.96 bits per heavy atom. The molecule has 0 spiro atoms. The van der Waals surface area contributed by atoms with Gasteiger partial charge in [0.15, 0.2) is 9.84 Å². The quantitative estimate of drug-likeness (QED) is 0.707. The Morgan fingerprint density at radius 2 is 1.54 bits per heavy atom. The fourth-order valence-corrected chi connectivity index (χ4v) is 3.16. The van der Waals surface area contributed by atoms with Crippen LogP contribution in [0, 0.1) is 0 Å². The van der Waals surface area contributed by atoms with Gasteiger partial charge in [0.2, 0.25) is 11.8 Å². The zero-order chi connectivity index (χ0) is 18.7. The van der Waals surface area contributed by atoms with E-state index in [1.54, 1.807) is 20.8 Å². The highest BCUT2D eigenvalue weighted by Crippen LogP contribution is 2.12. The molecule has 1 rings (SSSR count). The number of carbonyl (C=O) groups excluding carboxylic acids is 3. The maximum Gasteiger partial charge on any atom is 0.410 e. The van der Waals surface area contributed by atoms with E-state index >= 15 is 0 Å². The zero-order valence-corrected chi connectivity index (χ0v) is 15.3. The van der Waals surface area contributed by atoms with Crippen molar-refractivity contribution in [1.29, 1.82) is 0 Å². The number of nitrogens with zero attached hydrogens (tertiary/aromatic N) is 2. The molecule has 1 saturated heterocycles. The predicted octanol–water partition coefficient (Wildman–Crippen LogP) is -0.646. The molecule has 1 aliphatic heterocycles. The van der Waals surface area contributed by atoms with E-state index in [2.05, 4.69) is 0 Å². The van der Waals surface area contributed by atoms with E-state index < -0.39 is 44.3 Å². The van der Waals surface area contributed by atoms with Crippen LogP contribution in [0.1, 0.15) is 27.7 Å². The smallest absolute Gasteiger partial charge is 0.410 e. The summed E-state index contributed by atoms with van der Waals surface area (Å²) in [6, 6.07) is 0. The van der Waals surface area contributed by atoms with Crippen molar-refractivity contribution in [3.63, 3.8) is 0 Å². The molecule has 1 fully saturated rings. The van der Waals surface area contributed by atoms with E-state index in [-0.39, 0.29) is 26.2 Å². The Kier molecular flexibility index (Phi) is 6.20. The van der Waals surface area contributed by atoms with E-state index in [0.717, 1.165) is 6.92 Å². The first kappa shape index (κ1) is 20.2. The molecule has 9 nitrogen and oxygen atoms in total. The van der Waals surface area contributed by atoms with Crippen LogP contribution < -0.4 is 5.73 Å². The van der Waals surface area contributed by atoms with Gasteiger partial charge >= 0.3 is 6.09 Å². The molecule has 1 heterocycles. The van der Waals surface area contributed by atoms with Gasteiger partial charge in [-0.25, -0.2) is 13.2 Å². The number of amides is 3. The van der Waals surface area contributed by atoms with Crippen molar-refractivity contribution < 1.29 is 27.5 Å². The lowest BCUT2D eigenvalue weighted by molar-refractivity contribution is -0.130. The molecule has 1 aliphatic rings. The van der Waals surface area contributed by atoms with Crippen molar-refractivity contribution in [1.82, 2.24) is 9.80 Å². The molecule has 0 aromatic heterocycles. The maximum atomic E-state index is 12.1. The number of rotatable bonds is 4. The van der Waals surface area contributed by atoms with Gasteiger partial charge < -0.3 is 20.3 Å². The van der Waals surface area contributed by atoms with Crippen LogP contribution in [0.25, 0.3) is 0 Å². The lowest BCUT2D eigenvalue weighted by Crippen LogP contribution is -2.53. The third-order valence-electron chi connectivity index (χ3n) is 3.55. The van der Waals surface area contributed by atoms with Gasteiger partial charge in [-0.05, 0) is 27.7 Å². The minimum Gasteiger partial charge on any atom is -0.444 e. The summed E-state index contributed by atoms with van der Waals surface area (Å²) in [7, 11) is -3.93. The molecule has 0 radical (unpaired) electrons. The van der Waals surface area contributed by atoms with Crippen molar-refractivity contribution in [2.45, 2.75) is 38.5 Å². The normalized spacial score (nSPS) is 17.3. The number of sulfone groups is 1. The first-order valence-corrected chi connectivity index (χ1v) is 9.31. The Morgan fingerprint density at radius 1 is 1.08 bits per heavy atom. The minimum absolute atomic E-state index is 0.207. The molecular weight excluding hydrogens is 338 g/mol. The van der Waals surface area contributed by atoms with Crippen LogP contribution in [0.5, 0.6) is 0 Å². The van der Waals surface area contributed by atoms with E-state index in [1.165, 1.54) is 9.80 Å². The Hall–Kier alpha value is -1.84. The predicted molar refractivity (Wildman–Crippen MR) is 86.8 cm³/mol. The molecule has 1 atom stereocenters. The van der Waals surface area contributed by atoms with Crippen LogP contribution in [0.3, 0.4) is 0 Å². The monoisotopic (exact) mass is 363 g/mol. The van der Waals surface area contributed by atoms with E-state index in [0.29, 0.717) is 0 Å². The molecule has 0 saturated carbocycles. The summed E-state index contributed by atoms with van der Waals surface area (Å²) in [6.07, 6.45) is -0.468. The highest BCUT2D eigenvalue weighted by atomic mass is 32.2. The first-order valence-electron chi connectivity index (χ1n) is 7.60. The molecule has 0 aromatic rings. The molecule has 0 aliphatic carbocycles. The standard InChI is InChI=1S/C14H25N3O6S/c1-10(12(15)19)24(21,22)9-11(18)16-5-7-17(8-6-16)13(20)23-14(2,3)4/h10H,5-9H2,1-4H3,(H2,15,19). The van der Waals surface area contributed by atoms with Crippen molar-refractivity contribution >= 4 is 27.7 Å². The number of piperazine rings is 1. The second-order valence-corrected chi connectivity index (χ2v) is 9.02. The maximum absolute atomic E-state index is 12.1. The fourth-order valence-electron chi connectivity index (χ4n) is 2.03. The summed E-state index contributed by atoms with van der Waals surface area (Å²) >= 11 is 0. The van der Waals surface area contributed by atoms with Gasteiger partial charge in [0.25, 0.3) is 0 Å². The van der Waals surface area contributed by atoms with Gasteiger partial charge in [-0.2, -0.15) is 0 Å². The largest absolute Gasteiger partial charge is 0.444 e. The van der Waals surface area contributed by atoms with Gasteiger partial charge in [0.1, 0.15) is 16.6 Å². The molecule has 138 valence electrons. The number of nitrogens with two attached hydrogens (primary N) is 1. The topological polar surface area (TPSA) is 127 Å². The van der Waals surface area contributed by atoms with Gasteiger partial charge in [0, 0.05) is 26.2 Å². The fraction of sp³-hybridized carbons (Fsp3) is 0.786. The van der Waals surface area contributed by atoms with Crippen LogP contribution in [0.4, 0.5) is 4.79 Å². The van der Waals surface area contributed by atoms with Crippen molar-refractivity contribution in [3.05, 3.63) is 0 Å². The Balaban J connectivity index is 2.57. The minimum atomic E-state index is -3.93. The highest BCUT2D eigenvalue weighted by molar-refractivity contribution is 7.93. The van der Waals surface area contributed by atoms with Gasteiger partial charge in [-0.15, -0.1) is 0 Å². The molecule has 24 heavy (non-hydrogen) atoms. The average Bonchev–Trinajstić information content (AvgIpc) is 2.44. The van der Waals surface area contributed by atoms with Crippen LogP contribution in [0.2, 0.25) is 0 Å². The molecule has 10 heteroatoms. The second kappa shape index (κ2) is 7.37. The molecule has 2 N–H and O–H groups in total. The van der Waals surface area contributed by atoms with Crippen molar-refractivity contribution in [2.75, 3.05) is 31.9 Å². The number of hydrogen-bond donors (Lipinski definition) is 1. The van der Waals surface area contributed by atoms with Crippen molar-refractivity contribution in [3.8, 4) is 0 Å². The molecule has 0 aromatic carbocycles. The molecular formula is C14H25N3O6S. The lowest BCUT2D eigenvalue weighted by atomic mass is 10.2. The average molecular weight is 363 g/mol. The third-order valence-corrected chi connectivity index (χ3v) is 5.51. The summed E-state index contributed by atoms with van der Waals surface area (Å²) in [5.74, 6) is -2.37. The summed E-state index contributed by atoms with van der Waals surface area (Å²) in [5, 5.41) is -1.41. The zero-order valence-electron chi connectivity index (χ0n) is 14.4. The SMILES string of the molecule is CC(C(N)=O)S(=O)(=O)CC(=O)N1CCN(C(=O)OC(C)(C)C)CC1. The van der Waals surface area contributed by atoms with Crippen LogP contribution in [0.15, 0.2) is 0 Å². The summed E-state index contributed by atoms with van der Waals surface area (Å²) in [6.45, 7) is 7.36. The summed E-state index contributed by atoms with van der Waals surface area (Å²) in [5.41, 5.74) is 4.37. The Labute approximate surface area is 142 Å². The number of hydrogen-bond acceptors (Lipinski definition) is 6.